The maximum Gasteiger partial charge on any atom is 0.134 e. The Kier molecular flexibility index (Phi) is 2.41. The van der Waals surface area contributed by atoms with Gasteiger partial charge in [0.15, 0.2) is 0 Å². The molecule has 4 rings (SSSR count). The largest absolute Gasteiger partial charge is 0.464 e. The maximum absolute atomic E-state index is 10.7. The molecule has 2 aromatic carbocycles. The predicted octanol–water partition coefficient (Wildman–Crippen LogP) is 4.00. The number of hydrogen-bond acceptors (Lipinski definition) is 2. The molecular weight excluding hydrogens is 250 g/mol. The van der Waals surface area contributed by atoms with E-state index >= 15 is 0 Å². The van der Waals surface area contributed by atoms with E-state index in [1.165, 1.54) is 0 Å². The summed E-state index contributed by atoms with van der Waals surface area (Å²) in [5.41, 5.74) is 3.50. The van der Waals surface area contributed by atoms with Crippen LogP contribution in [0.1, 0.15) is 17.2 Å². The van der Waals surface area contributed by atoms with Crippen molar-refractivity contribution in [2.24, 2.45) is 0 Å². The van der Waals surface area contributed by atoms with Crippen LogP contribution in [0.5, 0.6) is 0 Å². The minimum absolute atomic E-state index is 0.696. The van der Waals surface area contributed by atoms with Gasteiger partial charge in [0.05, 0.1) is 6.26 Å². The molecule has 98 valence electrons. The lowest BCUT2D eigenvalue weighted by molar-refractivity contribution is 0.222. The van der Waals surface area contributed by atoms with Gasteiger partial charge in [0.2, 0.25) is 0 Å². The van der Waals surface area contributed by atoms with E-state index in [0.29, 0.717) is 0 Å². The zero-order chi connectivity index (χ0) is 13.5. The highest BCUT2D eigenvalue weighted by molar-refractivity contribution is 5.86. The van der Waals surface area contributed by atoms with Crippen molar-refractivity contribution in [3.63, 3.8) is 0 Å². The van der Waals surface area contributed by atoms with E-state index in [-0.39, 0.29) is 0 Å². The monoisotopic (exact) mass is 263 g/mol. The van der Waals surface area contributed by atoms with Crippen molar-refractivity contribution in [3.8, 4) is 0 Å². The predicted molar refractivity (Wildman–Crippen MR) is 78.6 cm³/mol. The zero-order valence-corrected chi connectivity index (χ0v) is 10.7. The maximum atomic E-state index is 10.7. The number of aliphatic hydroxyl groups excluding tert-OH is 1. The van der Waals surface area contributed by atoms with Crippen molar-refractivity contribution >= 4 is 21.9 Å². The van der Waals surface area contributed by atoms with Gasteiger partial charge in [0.25, 0.3) is 0 Å². The van der Waals surface area contributed by atoms with E-state index < -0.39 is 6.10 Å². The number of para-hydroxylation sites is 1. The topological polar surface area (TPSA) is 49.2 Å². The molecular formula is C17H13NO2. The molecule has 3 nitrogen and oxygen atoms in total. The number of H-pyrrole nitrogens is 1. The summed E-state index contributed by atoms with van der Waals surface area (Å²) >= 11 is 0. The third-order valence-corrected chi connectivity index (χ3v) is 3.73. The third kappa shape index (κ3) is 1.57. The molecule has 0 aliphatic carbocycles. The van der Waals surface area contributed by atoms with Crippen LogP contribution in [0.4, 0.5) is 0 Å². The van der Waals surface area contributed by atoms with Crippen LogP contribution in [0.3, 0.4) is 0 Å². The number of aliphatic hydroxyl groups is 1. The van der Waals surface area contributed by atoms with Crippen LogP contribution in [0, 0.1) is 0 Å². The third-order valence-electron chi connectivity index (χ3n) is 3.73. The molecule has 0 bridgehead atoms. The lowest BCUT2D eigenvalue weighted by Crippen LogP contribution is -1.99. The number of hydrogen-bond donors (Lipinski definition) is 2. The fourth-order valence-corrected chi connectivity index (χ4v) is 2.73. The van der Waals surface area contributed by atoms with E-state index in [1.54, 1.807) is 6.26 Å². The van der Waals surface area contributed by atoms with E-state index in [0.717, 1.165) is 33.0 Å². The molecule has 0 saturated heterocycles. The quantitative estimate of drug-likeness (QED) is 0.574. The van der Waals surface area contributed by atoms with Crippen molar-refractivity contribution in [2.75, 3.05) is 0 Å². The summed E-state index contributed by atoms with van der Waals surface area (Å²) < 4.78 is 5.52. The molecule has 0 aliphatic heterocycles. The highest BCUT2D eigenvalue weighted by Gasteiger charge is 2.18. The Bertz CT molecular complexity index is 888. The Hall–Kier alpha value is -2.52. The van der Waals surface area contributed by atoms with Gasteiger partial charge in [0, 0.05) is 28.0 Å². The minimum atomic E-state index is -0.696. The van der Waals surface area contributed by atoms with Crippen LogP contribution < -0.4 is 0 Å². The van der Waals surface area contributed by atoms with Crippen LogP contribution in [0.2, 0.25) is 0 Å². The number of furan rings is 1. The molecule has 0 amide bonds. The number of aromatic amines is 1. The summed E-state index contributed by atoms with van der Waals surface area (Å²) in [6.45, 7) is 0. The molecule has 1 atom stereocenters. The van der Waals surface area contributed by atoms with Crippen LogP contribution in [0.25, 0.3) is 21.9 Å². The highest BCUT2D eigenvalue weighted by atomic mass is 16.3. The lowest BCUT2D eigenvalue weighted by atomic mass is 9.98. The van der Waals surface area contributed by atoms with Crippen LogP contribution in [-0.2, 0) is 0 Å². The fourth-order valence-electron chi connectivity index (χ4n) is 2.73. The average Bonchev–Trinajstić information content (AvgIpc) is 3.12. The van der Waals surface area contributed by atoms with Crippen molar-refractivity contribution < 1.29 is 9.52 Å². The van der Waals surface area contributed by atoms with E-state index in [1.807, 2.05) is 54.7 Å². The number of benzene rings is 2. The number of fused-ring (bicyclic) bond motifs is 2. The SMILES string of the molecule is OC(c1cccc2[nH]ccc12)c1coc2ccccc12. The van der Waals surface area contributed by atoms with Crippen LogP contribution in [0.15, 0.2) is 65.4 Å². The highest BCUT2D eigenvalue weighted by Crippen LogP contribution is 2.33. The van der Waals surface area contributed by atoms with Gasteiger partial charge in [0.1, 0.15) is 11.7 Å². The zero-order valence-electron chi connectivity index (χ0n) is 10.7. The summed E-state index contributed by atoms with van der Waals surface area (Å²) in [4.78, 5) is 3.16. The molecule has 2 heterocycles. The summed E-state index contributed by atoms with van der Waals surface area (Å²) in [5.74, 6) is 0. The van der Waals surface area contributed by atoms with Gasteiger partial charge in [-0.1, -0.05) is 30.3 Å². The Morgan fingerprint density at radius 3 is 2.75 bits per heavy atom. The molecule has 3 heteroatoms. The molecule has 4 aromatic rings. The molecule has 0 radical (unpaired) electrons. The van der Waals surface area contributed by atoms with Gasteiger partial charge in [-0.2, -0.15) is 0 Å². The van der Waals surface area contributed by atoms with E-state index in [4.69, 9.17) is 4.42 Å². The smallest absolute Gasteiger partial charge is 0.134 e. The number of rotatable bonds is 2. The Morgan fingerprint density at radius 2 is 1.80 bits per heavy atom. The Labute approximate surface area is 115 Å². The second-order valence-corrected chi connectivity index (χ2v) is 4.88. The molecule has 1 unspecified atom stereocenters. The first kappa shape index (κ1) is 11.3. The Balaban J connectivity index is 1.92. The van der Waals surface area contributed by atoms with Gasteiger partial charge in [-0.3, -0.25) is 0 Å². The van der Waals surface area contributed by atoms with Crippen LogP contribution in [-0.4, -0.2) is 10.1 Å². The van der Waals surface area contributed by atoms with Gasteiger partial charge < -0.3 is 14.5 Å². The molecule has 20 heavy (non-hydrogen) atoms. The first-order valence-electron chi connectivity index (χ1n) is 6.55. The average molecular weight is 263 g/mol. The van der Waals surface area contributed by atoms with Crippen LogP contribution >= 0.6 is 0 Å². The molecule has 0 saturated carbocycles. The Morgan fingerprint density at radius 1 is 0.900 bits per heavy atom. The first-order chi connectivity index (χ1) is 9.84. The summed E-state index contributed by atoms with van der Waals surface area (Å²) in [5, 5.41) is 12.7. The minimum Gasteiger partial charge on any atom is -0.464 e. The number of nitrogens with one attached hydrogen (secondary N) is 1. The number of aromatic nitrogens is 1. The van der Waals surface area contributed by atoms with Gasteiger partial charge in [-0.25, -0.2) is 0 Å². The van der Waals surface area contributed by atoms with E-state index in [2.05, 4.69) is 4.98 Å². The molecule has 0 spiro atoms. The second kappa shape index (κ2) is 4.25. The summed E-state index contributed by atoms with van der Waals surface area (Å²) in [6.07, 6.45) is 2.83. The fraction of sp³-hybridized carbons (Fsp3) is 0.0588. The van der Waals surface area contributed by atoms with Gasteiger partial charge in [-0.05, 0) is 23.8 Å². The molecule has 2 aromatic heterocycles. The van der Waals surface area contributed by atoms with Crippen molar-refractivity contribution in [1.82, 2.24) is 4.98 Å². The molecule has 0 aliphatic rings. The normalized spacial score (nSPS) is 13.1. The van der Waals surface area contributed by atoms with Crippen molar-refractivity contribution in [3.05, 3.63) is 72.1 Å². The van der Waals surface area contributed by atoms with Gasteiger partial charge >= 0.3 is 0 Å². The van der Waals surface area contributed by atoms with E-state index in [9.17, 15) is 5.11 Å². The van der Waals surface area contributed by atoms with Gasteiger partial charge in [-0.15, -0.1) is 0 Å². The summed E-state index contributed by atoms with van der Waals surface area (Å²) in [7, 11) is 0. The second-order valence-electron chi connectivity index (χ2n) is 4.88. The molecule has 0 fully saturated rings. The molecule has 2 N–H and O–H groups in total. The van der Waals surface area contributed by atoms with Crippen molar-refractivity contribution in [1.29, 1.82) is 0 Å². The standard InChI is InChI=1S/C17H13NO2/c19-17(13-5-3-6-15-11(13)8-9-18-15)14-10-20-16-7-2-1-4-12(14)16/h1-10,17-19H. The van der Waals surface area contributed by atoms with Crippen molar-refractivity contribution in [2.45, 2.75) is 6.10 Å². The first-order valence-corrected chi connectivity index (χ1v) is 6.55. The lowest BCUT2D eigenvalue weighted by Gasteiger charge is -2.11. The summed E-state index contributed by atoms with van der Waals surface area (Å²) in [6, 6.07) is 15.6.